The molecule has 6 nitrogen and oxygen atoms in total. The molecule has 0 spiro atoms. The number of carbonyl (C=O) groups is 1. The summed E-state index contributed by atoms with van der Waals surface area (Å²) in [7, 11) is 0. The number of aliphatic hydroxyl groups is 1. The lowest BCUT2D eigenvalue weighted by Gasteiger charge is -2.35. The molecule has 1 aromatic heterocycles. The summed E-state index contributed by atoms with van der Waals surface area (Å²) in [6, 6.07) is 20.0. The Kier molecular flexibility index (Phi) is 7.02. The molecule has 1 aliphatic rings. The van der Waals surface area contributed by atoms with Crippen molar-refractivity contribution < 1.29 is 14.3 Å². The van der Waals surface area contributed by atoms with Crippen LogP contribution < -0.4 is 5.73 Å². The van der Waals surface area contributed by atoms with Crippen LogP contribution in [0.3, 0.4) is 0 Å². The first-order chi connectivity index (χ1) is 15.1. The first-order valence-electron chi connectivity index (χ1n) is 11.0. The number of nitrogens with two attached hydrogens (primary N) is 1. The van der Waals surface area contributed by atoms with E-state index in [1.165, 1.54) is 0 Å². The minimum Gasteiger partial charge on any atom is -0.460 e. The van der Waals surface area contributed by atoms with Gasteiger partial charge < -0.3 is 15.3 Å². The van der Waals surface area contributed by atoms with Crippen molar-refractivity contribution in [1.29, 1.82) is 0 Å². The van der Waals surface area contributed by atoms with Crippen LogP contribution in [0.5, 0.6) is 0 Å². The van der Waals surface area contributed by atoms with Crippen molar-refractivity contribution in [3.8, 4) is 0 Å². The van der Waals surface area contributed by atoms with E-state index < -0.39 is 6.10 Å². The highest BCUT2D eigenvalue weighted by atomic mass is 16.3. The predicted octanol–water partition coefficient (Wildman–Crippen LogP) is 2.65. The maximum atomic E-state index is 11.9. The first-order valence-corrected chi connectivity index (χ1v) is 11.0. The molecule has 1 amide bonds. The molecule has 2 aromatic carbocycles. The average molecular weight is 422 g/mol. The molecular weight excluding hydrogens is 390 g/mol. The Balaban J connectivity index is 1.23. The number of benzene rings is 2. The molecule has 31 heavy (non-hydrogen) atoms. The van der Waals surface area contributed by atoms with Crippen LogP contribution in [-0.4, -0.2) is 59.6 Å². The van der Waals surface area contributed by atoms with Crippen LogP contribution in [0.4, 0.5) is 0 Å². The third kappa shape index (κ3) is 5.94. The van der Waals surface area contributed by atoms with E-state index in [-0.39, 0.29) is 11.8 Å². The highest BCUT2D eigenvalue weighted by molar-refractivity contribution is 5.77. The SMILES string of the molecule is NC(=O)[C@H](Cc1ccccc1)C[C@H](O)CN1CCN(Cc2cc3ccccc3o2)CC1. The zero-order valence-electron chi connectivity index (χ0n) is 17.8. The number of β-amino-alcohol motifs (C(OH)–C–C–N with tert-alkyl or cyclic N) is 1. The molecule has 3 aromatic rings. The van der Waals surface area contributed by atoms with Gasteiger partial charge >= 0.3 is 0 Å². The lowest BCUT2D eigenvalue weighted by Crippen LogP contribution is -2.48. The Morgan fingerprint density at radius 1 is 1.00 bits per heavy atom. The predicted molar refractivity (Wildman–Crippen MR) is 121 cm³/mol. The van der Waals surface area contributed by atoms with Crippen LogP contribution in [0.25, 0.3) is 11.0 Å². The fourth-order valence-electron chi connectivity index (χ4n) is 4.36. The summed E-state index contributed by atoms with van der Waals surface area (Å²) in [4.78, 5) is 16.5. The zero-order chi connectivity index (χ0) is 21.6. The second-order valence-electron chi connectivity index (χ2n) is 8.51. The highest BCUT2D eigenvalue weighted by Gasteiger charge is 2.24. The molecule has 0 saturated carbocycles. The Hall–Kier alpha value is -2.67. The van der Waals surface area contributed by atoms with Crippen molar-refractivity contribution in [1.82, 2.24) is 9.80 Å². The molecule has 1 saturated heterocycles. The number of hydrogen-bond acceptors (Lipinski definition) is 5. The Morgan fingerprint density at radius 3 is 2.39 bits per heavy atom. The maximum absolute atomic E-state index is 11.9. The smallest absolute Gasteiger partial charge is 0.220 e. The van der Waals surface area contributed by atoms with E-state index in [0.717, 1.165) is 55.0 Å². The molecular formula is C25H31N3O3. The molecule has 4 rings (SSSR count). The number of hydrogen-bond donors (Lipinski definition) is 2. The van der Waals surface area contributed by atoms with Gasteiger partial charge in [-0.1, -0.05) is 48.5 Å². The maximum Gasteiger partial charge on any atom is 0.220 e. The minimum atomic E-state index is -0.567. The quantitative estimate of drug-likeness (QED) is 0.555. The largest absolute Gasteiger partial charge is 0.460 e. The number of furan rings is 1. The molecule has 0 bridgehead atoms. The van der Waals surface area contributed by atoms with Crippen molar-refractivity contribution >= 4 is 16.9 Å². The third-order valence-electron chi connectivity index (χ3n) is 6.07. The van der Waals surface area contributed by atoms with E-state index in [0.29, 0.717) is 19.4 Å². The Labute approximate surface area is 183 Å². The zero-order valence-corrected chi connectivity index (χ0v) is 17.8. The summed E-state index contributed by atoms with van der Waals surface area (Å²) >= 11 is 0. The van der Waals surface area contributed by atoms with Crippen LogP contribution in [0, 0.1) is 5.92 Å². The van der Waals surface area contributed by atoms with Crippen molar-refractivity contribution in [2.24, 2.45) is 11.7 Å². The summed E-state index contributed by atoms with van der Waals surface area (Å²) in [5.74, 6) is 0.283. The van der Waals surface area contributed by atoms with E-state index in [4.69, 9.17) is 10.2 Å². The van der Waals surface area contributed by atoms with Gasteiger partial charge in [0.05, 0.1) is 12.6 Å². The number of piperazine rings is 1. The Morgan fingerprint density at radius 2 is 1.68 bits per heavy atom. The third-order valence-corrected chi connectivity index (χ3v) is 6.07. The van der Waals surface area contributed by atoms with Crippen molar-refractivity contribution in [2.75, 3.05) is 32.7 Å². The van der Waals surface area contributed by atoms with Gasteiger partial charge in [0.15, 0.2) is 0 Å². The van der Waals surface area contributed by atoms with Gasteiger partial charge in [0.2, 0.25) is 5.91 Å². The highest BCUT2D eigenvalue weighted by Crippen LogP contribution is 2.21. The van der Waals surface area contributed by atoms with E-state index in [1.807, 2.05) is 48.5 Å². The second-order valence-corrected chi connectivity index (χ2v) is 8.51. The van der Waals surface area contributed by atoms with Gasteiger partial charge in [0.1, 0.15) is 11.3 Å². The number of nitrogens with zero attached hydrogens (tertiary/aromatic N) is 2. The standard InChI is InChI=1S/C25H31N3O3/c26-25(30)21(14-19-6-2-1-3-7-19)15-22(29)17-27-10-12-28(13-11-27)18-23-16-20-8-4-5-9-24(20)31-23/h1-9,16,21-22,29H,10-15,17-18H2,(H2,26,30)/t21-,22+/m1/s1. The Bertz CT molecular complexity index is 947. The molecule has 0 radical (unpaired) electrons. The normalized spacial score (nSPS) is 17.6. The van der Waals surface area contributed by atoms with Crippen molar-refractivity contribution in [3.05, 3.63) is 72.0 Å². The van der Waals surface area contributed by atoms with Crippen LogP contribution in [0.2, 0.25) is 0 Å². The van der Waals surface area contributed by atoms with E-state index in [1.54, 1.807) is 0 Å². The molecule has 6 heteroatoms. The topological polar surface area (TPSA) is 82.9 Å². The summed E-state index contributed by atoms with van der Waals surface area (Å²) in [6.07, 6.45) is 0.394. The number of para-hydroxylation sites is 1. The van der Waals surface area contributed by atoms with Crippen LogP contribution in [-0.2, 0) is 17.8 Å². The van der Waals surface area contributed by atoms with Gasteiger partial charge in [-0.2, -0.15) is 0 Å². The molecule has 3 N–H and O–H groups in total. The number of aliphatic hydroxyl groups excluding tert-OH is 1. The number of rotatable bonds is 9. The molecule has 2 heterocycles. The lowest BCUT2D eigenvalue weighted by atomic mass is 9.93. The van der Waals surface area contributed by atoms with Crippen LogP contribution >= 0.6 is 0 Å². The number of primary amides is 1. The van der Waals surface area contributed by atoms with E-state index in [2.05, 4.69) is 21.9 Å². The summed E-state index contributed by atoms with van der Waals surface area (Å²) < 4.78 is 5.94. The molecule has 0 aliphatic carbocycles. The molecule has 0 unspecified atom stereocenters. The summed E-state index contributed by atoms with van der Waals surface area (Å²) in [5.41, 5.74) is 7.60. The molecule has 2 atom stereocenters. The van der Waals surface area contributed by atoms with Gasteiger partial charge in [-0.15, -0.1) is 0 Å². The molecule has 1 aliphatic heterocycles. The van der Waals surface area contributed by atoms with Gasteiger partial charge in [-0.25, -0.2) is 0 Å². The van der Waals surface area contributed by atoms with Gasteiger partial charge in [0.25, 0.3) is 0 Å². The first kappa shape index (κ1) is 21.6. The second kappa shape index (κ2) is 10.1. The molecule has 164 valence electrons. The fourth-order valence-corrected chi connectivity index (χ4v) is 4.36. The van der Waals surface area contributed by atoms with Gasteiger partial charge in [-0.3, -0.25) is 14.6 Å². The van der Waals surface area contributed by atoms with E-state index in [9.17, 15) is 9.90 Å². The lowest BCUT2D eigenvalue weighted by molar-refractivity contribution is -0.122. The van der Waals surface area contributed by atoms with Crippen LogP contribution in [0.1, 0.15) is 17.7 Å². The van der Waals surface area contributed by atoms with Crippen molar-refractivity contribution in [2.45, 2.75) is 25.5 Å². The number of amides is 1. The fraction of sp³-hybridized carbons (Fsp3) is 0.400. The monoisotopic (exact) mass is 421 g/mol. The van der Waals surface area contributed by atoms with Gasteiger partial charge in [-0.05, 0) is 30.5 Å². The average Bonchev–Trinajstić information content (AvgIpc) is 3.17. The van der Waals surface area contributed by atoms with E-state index >= 15 is 0 Å². The molecule has 1 fully saturated rings. The van der Waals surface area contributed by atoms with Crippen molar-refractivity contribution in [3.63, 3.8) is 0 Å². The number of fused-ring (bicyclic) bond motifs is 1. The van der Waals surface area contributed by atoms with Gasteiger partial charge in [0, 0.05) is 44.0 Å². The minimum absolute atomic E-state index is 0.349. The number of carbonyl (C=O) groups excluding carboxylic acids is 1. The van der Waals surface area contributed by atoms with Crippen LogP contribution in [0.15, 0.2) is 65.1 Å². The summed E-state index contributed by atoms with van der Waals surface area (Å²) in [5, 5.41) is 11.7. The summed E-state index contributed by atoms with van der Waals surface area (Å²) in [6.45, 7) is 4.98.